The van der Waals surface area contributed by atoms with E-state index in [9.17, 15) is 8.42 Å². The minimum Gasteiger partial charge on any atom is -0.319 e. The molecule has 1 fully saturated rings. The van der Waals surface area contributed by atoms with Gasteiger partial charge in [-0.3, -0.25) is 0 Å². The molecule has 1 heterocycles. The Morgan fingerprint density at radius 3 is 2.76 bits per heavy atom. The van der Waals surface area contributed by atoms with E-state index in [1.54, 1.807) is 34.6 Å². The molecule has 0 bridgehead atoms. The quantitative estimate of drug-likeness (QED) is 0.903. The first kappa shape index (κ1) is 16.5. The van der Waals surface area contributed by atoms with Crippen LogP contribution in [-0.4, -0.2) is 39.4 Å². The van der Waals surface area contributed by atoms with Crippen molar-refractivity contribution in [3.8, 4) is 0 Å². The van der Waals surface area contributed by atoms with Crippen LogP contribution in [0.3, 0.4) is 0 Å². The molecule has 1 unspecified atom stereocenters. The monoisotopic (exact) mass is 328 g/mol. The van der Waals surface area contributed by atoms with E-state index in [4.69, 9.17) is 11.6 Å². The number of sulfonamides is 1. The van der Waals surface area contributed by atoms with Gasteiger partial charge in [0.2, 0.25) is 10.0 Å². The molecular formula is C15H21ClN2O2S. The van der Waals surface area contributed by atoms with Crippen molar-refractivity contribution in [3.63, 3.8) is 0 Å². The topological polar surface area (TPSA) is 49.4 Å². The molecule has 1 aliphatic rings. The molecule has 0 radical (unpaired) electrons. The van der Waals surface area contributed by atoms with Gasteiger partial charge in [-0.05, 0) is 56.1 Å². The molecule has 0 aromatic heterocycles. The summed E-state index contributed by atoms with van der Waals surface area (Å²) in [6, 6.07) is 7.10. The third-order valence-electron chi connectivity index (χ3n) is 3.64. The second-order valence-corrected chi connectivity index (χ2v) is 7.58. The van der Waals surface area contributed by atoms with Crippen molar-refractivity contribution in [2.75, 3.05) is 26.7 Å². The molecule has 1 aromatic carbocycles. The molecule has 116 valence electrons. The average Bonchev–Trinajstić information content (AvgIpc) is 2.47. The highest BCUT2D eigenvalue weighted by molar-refractivity contribution is 7.92. The predicted octanol–water partition coefficient (Wildman–Crippen LogP) is 2.57. The van der Waals surface area contributed by atoms with Gasteiger partial charge in [-0.15, -0.1) is 0 Å². The van der Waals surface area contributed by atoms with Crippen molar-refractivity contribution in [1.29, 1.82) is 0 Å². The summed E-state index contributed by atoms with van der Waals surface area (Å²) in [5, 5.41) is 5.05. The SMILES string of the molecule is CNCC1CCCN(S(=O)(=O)/C=C/c2ccc(Cl)cc2)C1. The van der Waals surface area contributed by atoms with Crippen molar-refractivity contribution in [2.24, 2.45) is 5.92 Å². The van der Waals surface area contributed by atoms with Crippen LogP contribution in [0.4, 0.5) is 0 Å². The van der Waals surface area contributed by atoms with Crippen molar-refractivity contribution in [2.45, 2.75) is 12.8 Å². The lowest BCUT2D eigenvalue weighted by Gasteiger charge is -2.30. The Bertz CT molecular complexity index is 582. The Morgan fingerprint density at radius 1 is 1.38 bits per heavy atom. The van der Waals surface area contributed by atoms with E-state index in [-0.39, 0.29) is 0 Å². The zero-order chi connectivity index (χ0) is 15.3. The van der Waals surface area contributed by atoms with Crippen molar-refractivity contribution in [3.05, 3.63) is 40.3 Å². The van der Waals surface area contributed by atoms with Crippen molar-refractivity contribution in [1.82, 2.24) is 9.62 Å². The zero-order valence-corrected chi connectivity index (χ0v) is 13.7. The van der Waals surface area contributed by atoms with E-state index in [0.29, 0.717) is 24.0 Å². The Labute approximate surface area is 131 Å². The number of nitrogens with one attached hydrogen (secondary N) is 1. The van der Waals surface area contributed by atoms with E-state index in [1.165, 1.54) is 5.41 Å². The second kappa shape index (κ2) is 7.40. The number of hydrogen-bond donors (Lipinski definition) is 1. The van der Waals surface area contributed by atoms with Crippen LogP contribution in [0.15, 0.2) is 29.7 Å². The first-order chi connectivity index (χ1) is 10.0. The molecule has 1 aliphatic heterocycles. The molecule has 0 saturated carbocycles. The van der Waals surface area contributed by atoms with E-state index < -0.39 is 10.0 Å². The standard InChI is InChI=1S/C15H21ClN2O2S/c1-17-11-14-3-2-9-18(12-14)21(19,20)10-8-13-4-6-15(16)7-5-13/h4-8,10,14,17H,2-3,9,11-12H2,1H3/b10-8+. The van der Waals surface area contributed by atoms with Gasteiger partial charge in [-0.25, -0.2) is 8.42 Å². The van der Waals surface area contributed by atoms with Gasteiger partial charge in [0.25, 0.3) is 0 Å². The Morgan fingerprint density at radius 2 is 2.10 bits per heavy atom. The Kier molecular flexibility index (Phi) is 5.81. The molecule has 1 aromatic rings. The smallest absolute Gasteiger partial charge is 0.236 e. The van der Waals surface area contributed by atoms with Gasteiger partial charge >= 0.3 is 0 Å². The maximum Gasteiger partial charge on any atom is 0.236 e. The first-order valence-corrected chi connectivity index (χ1v) is 8.98. The number of rotatable bonds is 5. The predicted molar refractivity (Wildman–Crippen MR) is 87.6 cm³/mol. The maximum absolute atomic E-state index is 12.4. The molecule has 0 amide bonds. The van der Waals surface area contributed by atoms with Crippen LogP contribution in [0.2, 0.25) is 5.02 Å². The van der Waals surface area contributed by atoms with Crippen LogP contribution in [0.25, 0.3) is 6.08 Å². The third-order valence-corrected chi connectivity index (χ3v) is 5.42. The fourth-order valence-corrected chi connectivity index (χ4v) is 3.97. The van der Waals surface area contributed by atoms with E-state index in [2.05, 4.69) is 5.32 Å². The highest BCUT2D eigenvalue weighted by atomic mass is 35.5. The minimum atomic E-state index is -3.35. The largest absolute Gasteiger partial charge is 0.319 e. The van der Waals surface area contributed by atoms with Crippen LogP contribution in [0, 0.1) is 5.92 Å². The molecule has 0 aliphatic carbocycles. The Hall–Kier alpha value is -0.880. The van der Waals surface area contributed by atoms with Gasteiger partial charge in [-0.1, -0.05) is 23.7 Å². The van der Waals surface area contributed by atoms with Gasteiger partial charge in [0.15, 0.2) is 0 Å². The highest BCUT2D eigenvalue weighted by Crippen LogP contribution is 2.20. The molecule has 4 nitrogen and oxygen atoms in total. The summed E-state index contributed by atoms with van der Waals surface area (Å²) in [5.41, 5.74) is 0.826. The van der Waals surface area contributed by atoms with Crippen LogP contribution in [-0.2, 0) is 10.0 Å². The van der Waals surface area contributed by atoms with Crippen LogP contribution < -0.4 is 5.32 Å². The summed E-state index contributed by atoms with van der Waals surface area (Å²) in [6.45, 7) is 2.05. The summed E-state index contributed by atoms with van der Waals surface area (Å²) >= 11 is 5.81. The molecule has 21 heavy (non-hydrogen) atoms. The van der Waals surface area contributed by atoms with E-state index in [0.717, 1.165) is 24.9 Å². The second-order valence-electron chi connectivity index (χ2n) is 5.32. The summed E-state index contributed by atoms with van der Waals surface area (Å²) in [5.74, 6) is 0.391. The fourth-order valence-electron chi connectivity index (χ4n) is 2.54. The zero-order valence-electron chi connectivity index (χ0n) is 12.1. The number of benzene rings is 1. The number of halogens is 1. The van der Waals surface area contributed by atoms with Crippen LogP contribution >= 0.6 is 11.6 Å². The van der Waals surface area contributed by atoms with Gasteiger partial charge in [0.05, 0.1) is 0 Å². The summed E-state index contributed by atoms with van der Waals surface area (Å²) in [7, 11) is -1.45. The molecule has 6 heteroatoms. The maximum atomic E-state index is 12.4. The summed E-state index contributed by atoms with van der Waals surface area (Å²) in [6.07, 6.45) is 3.61. The van der Waals surface area contributed by atoms with Crippen LogP contribution in [0.5, 0.6) is 0 Å². The number of hydrogen-bond acceptors (Lipinski definition) is 3. The van der Waals surface area contributed by atoms with Crippen molar-refractivity contribution >= 4 is 27.7 Å². The summed E-state index contributed by atoms with van der Waals surface area (Å²) < 4.78 is 26.3. The fraction of sp³-hybridized carbons (Fsp3) is 0.467. The van der Waals surface area contributed by atoms with Gasteiger partial charge < -0.3 is 5.32 Å². The summed E-state index contributed by atoms with van der Waals surface area (Å²) in [4.78, 5) is 0. The van der Waals surface area contributed by atoms with Gasteiger partial charge in [-0.2, -0.15) is 4.31 Å². The highest BCUT2D eigenvalue weighted by Gasteiger charge is 2.26. The molecule has 1 saturated heterocycles. The molecule has 2 rings (SSSR count). The number of nitrogens with zero attached hydrogens (tertiary/aromatic N) is 1. The lowest BCUT2D eigenvalue weighted by atomic mass is 10.00. The third kappa shape index (κ3) is 4.81. The van der Waals surface area contributed by atoms with Crippen molar-refractivity contribution < 1.29 is 8.42 Å². The number of piperidine rings is 1. The van der Waals surface area contributed by atoms with Gasteiger partial charge in [0, 0.05) is 23.5 Å². The lowest BCUT2D eigenvalue weighted by Crippen LogP contribution is -2.41. The Balaban J connectivity index is 2.05. The lowest BCUT2D eigenvalue weighted by molar-refractivity contribution is 0.265. The minimum absolute atomic E-state index is 0.391. The van der Waals surface area contributed by atoms with Crippen LogP contribution in [0.1, 0.15) is 18.4 Å². The van der Waals surface area contributed by atoms with Gasteiger partial charge in [0.1, 0.15) is 0 Å². The molecule has 0 spiro atoms. The van der Waals surface area contributed by atoms with E-state index >= 15 is 0 Å². The first-order valence-electron chi connectivity index (χ1n) is 7.09. The molecule has 1 N–H and O–H groups in total. The van der Waals surface area contributed by atoms with E-state index in [1.807, 2.05) is 7.05 Å². The average molecular weight is 329 g/mol. The normalized spacial score (nSPS) is 21.0. The molecular weight excluding hydrogens is 308 g/mol. The molecule has 1 atom stereocenters.